The molecule has 0 radical (unpaired) electrons. The fraction of sp³-hybridized carbons (Fsp3) is 0.0833. The summed E-state index contributed by atoms with van der Waals surface area (Å²) in [4.78, 5) is 16.7. The van der Waals surface area contributed by atoms with Gasteiger partial charge in [0.2, 0.25) is 5.91 Å². The van der Waals surface area contributed by atoms with Crippen molar-refractivity contribution >= 4 is 38.1 Å². The van der Waals surface area contributed by atoms with E-state index < -0.39 is 40.0 Å². The smallest absolute Gasteiger partial charge is 0.325 e. The van der Waals surface area contributed by atoms with E-state index in [0.29, 0.717) is 10.8 Å². The van der Waals surface area contributed by atoms with E-state index in [9.17, 15) is 30.8 Å². The van der Waals surface area contributed by atoms with Gasteiger partial charge in [0.05, 0.1) is 16.1 Å². The number of hydrogen-bond acceptors (Lipinski definition) is 4. The molecular formula is C24H17F4N3O3S. The Kier molecular flexibility index (Phi) is 6.44. The lowest BCUT2D eigenvalue weighted by molar-refractivity contribution is -0.137. The van der Waals surface area contributed by atoms with Crippen LogP contribution in [0.25, 0.3) is 10.8 Å². The number of nitrogens with one attached hydrogen (secondary N) is 1. The van der Waals surface area contributed by atoms with Crippen molar-refractivity contribution in [3.63, 3.8) is 0 Å². The SMILES string of the molecule is O=C(CN(c1ccc(F)cc1)S(=O)(=O)c1cccc2cnccc12)Nc1ccc(C(F)(F)F)cc1. The number of hydrogen-bond donors (Lipinski definition) is 1. The molecule has 0 spiro atoms. The number of benzene rings is 3. The van der Waals surface area contributed by atoms with E-state index in [1.807, 2.05) is 0 Å². The minimum absolute atomic E-state index is 0.0278. The summed E-state index contributed by atoms with van der Waals surface area (Å²) in [7, 11) is -4.33. The molecule has 0 aliphatic rings. The van der Waals surface area contributed by atoms with Crippen LogP contribution < -0.4 is 9.62 Å². The third-order valence-corrected chi connectivity index (χ3v) is 6.94. The van der Waals surface area contributed by atoms with Gasteiger partial charge in [-0.2, -0.15) is 13.2 Å². The van der Waals surface area contributed by atoms with E-state index in [-0.39, 0.29) is 16.3 Å². The Balaban J connectivity index is 1.68. The molecule has 0 aliphatic heterocycles. The van der Waals surface area contributed by atoms with Crippen LogP contribution in [0, 0.1) is 5.82 Å². The van der Waals surface area contributed by atoms with Crippen LogP contribution in [0.1, 0.15) is 5.56 Å². The summed E-state index contributed by atoms with van der Waals surface area (Å²) in [5.41, 5.74) is -0.813. The van der Waals surface area contributed by atoms with E-state index in [1.165, 1.54) is 42.7 Å². The Morgan fingerprint density at radius 2 is 1.63 bits per heavy atom. The maximum Gasteiger partial charge on any atom is 0.416 e. The summed E-state index contributed by atoms with van der Waals surface area (Å²) in [6, 6.07) is 14.4. The Morgan fingerprint density at radius 1 is 0.943 bits per heavy atom. The second-order valence-electron chi connectivity index (χ2n) is 7.46. The van der Waals surface area contributed by atoms with E-state index in [1.54, 1.807) is 6.07 Å². The molecule has 1 amide bonds. The van der Waals surface area contributed by atoms with Crippen LogP contribution in [0.5, 0.6) is 0 Å². The summed E-state index contributed by atoms with van der Waals surface area (Å²) in [6.07, 6.45) is -1.61. The van der Waals surface area contributed by atoms with Gasteiger partial charge in [0.1, 0.15) is 12.4 Å². The highest BCUT2D eigenvalue weighted by Crippen LogP contribution is 2.31. The van der Waals surface area contributed by atoms with E-state index >= 15 is 0 Å². The van der Waals surface area contributed by atoms with Gasteiger partial charge < -0.3 is 5.32 Å². The molecule has 35 heavy (non-hydrogen) atoms. The fourth-order valence-electron chi connectivity index (χ4n) is 3.43. The van der Waals surface area contributed by atoms with E-state index in [2.05, 4.69) is 10.3 Å². The number of amides is 1. The maximum absolute atomic E-state index is 13.7. The third-order valence-electron chi connectivity index (χ3n) is 5.11. The molecule has 1 aromatic heterocycles. The molecule has 0 atom stereocenters. The van der Waals surface area contributed by atoms with Crippen LogP contribution in [-0.2, 0) is 21.0 Å². The number of sulfonamides is 1. The number of rotatable bonds is 6. The number of carbonyl (C=O) groups excluding carboxylic acids is 1. The monoisotopic (exact) mass is 503 g/mol. The number of anilines is 2. The highest BCUT2D eigenvalue weighted by Gasteiger charge is 2.31. The van der Waals surface area contributed by atoms with Crippen LogP contribution in [0.15, 0.2) is 90.1 Å². The van der Waals surface area contributed by atoms with Gasteiger partial charge in [-0.15, -0.1) is 0 Å². The topological polar surface area (TPSA) is 79.4 Å². The number of alkyl halides is 3. The summed E-state index contributed by atoms with van der Waals surface area (Å²) in [5.74, 6) is -1.41. The lowest BCUT2D eigenvalue weighted by Crippen LogP contribution is -2.38. The summed E-state index contributed by atoms with van der Waals surface area (Å²) in [5, 5.41) is 3.33. The van der Waals surface area contributed by atoms with E-state index in [4.69, 9.17) is 0 Å². The van der Waals surface area contributed by atoms with Crippen molar-refractivity contribution < 1.29 is 30.8 Å². The van der Waals surface area contributed by atoms with Crippen molar-refractivity contribution in [1.29, 1.82) is 0 Å². The number of fused-ring (bicyclic) bond motifs is 1. The molecule has 11 heteroatoms. The molecule has 1 heterocycles. The number of aromatic nitrogens is 1. The predicted molar refractivity (Wildman–Crippen MR) is 123 cm³/mol. The van der Waals surface area contributed by atoms with Gasteiger partial charge in [0.25, 0.3) is 10.0 Å². The van der Waals surface area contributed by atoms with E-state index in [0.717, 1.165) is 40.7 Å². The van der Waals surface area contributed by atoms with Crippen LogP contribution >= 0.6 is 0 Å². The molecule has 4 aromatic rings. The quantitative estimate of drug-likeness (QED) is 0.366. The molecule has 0 bridgehead atoms. The highest BCUT2D eigenvalue weighted by atomic mass is 32.2. The predicted octanol–water partition coefficient (Wildman–Crippen LogP) is 5.23. The summed E-state index contributed by atoms with van der Waals surface area (Å²) in [6.45, 7) is -0.712. The largest absolute Gasteiger partial charge is 0.416 e. The number of pyridine rings is 1. The summed E-state index contributed by atoms with van der Waals surface area (Å²) < 4.78 is 80.0. The van der Waals surface area contributed by atoms with Crippen molar-refractivity contribution in [2.45, 2.75) is 11.1 Å². The second kappa shape index (κ2) is 9.34. The molecule has 0 saturated heterocycles. The standard InChI is InChI=1S/C24H17F4N3O3S/c25-18-6-10-20(11-7-18)31(15-23(32)30-19-8-4-17(5-9-19)24(26,27)28)35(33,34)22-3-1-2-16-14-29-13-12-21(16)22/h1-14H,15H2,(H,30,32). The van der Waals surface area contributed by atoms with Crippen molar-refractivity contribution in [2.24, 2.45) is 0 Å². The lowest BCUT2D eigenvalue weighted by atomic mass is 10.2. The van der Waals surface area contributed by atoms with Crippen molar-refractivity contribution in [3.05, 3.63) is 96.6 Å². The second-order valence-corrected chi connectivity index (χ2v) is 9.30. The molecule has 6 nitrogen and oxygen atoms in total. The molecule has 0 fully saturated rings. The zero-order chi connectivity index (χ0) is 25.2. The lowest BCUT2D eigenvalue weighted by Gasteiger charge is -2.25. The normalized spacial score (nSPS) is 11.9. The van der Waals surface area contributed by atoms with Gasteiger partial charge in [-0.05, 0) is 60.7 Å². The van der Waals surface area contributed by atoms with Gasteiger partial charge in [-0.25, -0.2) is 12.8 Å². The van der Waals surface area contributed by atoms with Crippen LogP contribution in [-0.4, -0.2) is 25.9 Å². The first-order valence-corrected chi connectivity index (χ1v) is 11.6. The Morgan fingerprint density at radius 3 is 2.29 bits per heavy atom. The van der Waals surface area contributed by atoms with Crippen molar-refractivity contribution in [3.8, 4) is 0 Å². The van der Waals surface area contributed by atoms with Crippen molar-refractivity contribution in [2.75, 3.05) is 16.2 Å². The van der Waals surface area contributed by atoms with Crippen LogP contribution in [0.3, 0.4) is 0 Å². The minimum atomic E-state index is -4.54. The Bertz CT molecular complexity index is 1470. The molecule has 0 unspecified atom stereocenters. The number of nitrogens with zero attached hydrogens (tertiary/aromatic N) is 2. The zero-order valence-corrected chi connectivity index (χ0v) is 18.6. The maximum atomic E-state index is 13.7. The average Bonchev–Trinajstić information content (AvgIpc) is 2.82. The zero-order valence-electron chi connectivity index (χ0n) is 17.8. The average molecular weight is 503 g/mol. The Hall–Kier alpha value is -3.99. The first-order valence-electron chi connectivity index (χ1n) is 10.1. The molecule has 180 valence electrons. The molecule has 4 rings (SSSR count). The highest BCUT2D eigenvalue weighted by molar-refractivity contribution is 7.93. The number of carbonyl (C=O) groups is 1. The fourth-order valence-corrected chi connectivity index (χ4v) is 5.07. The molecule has 1 N–H and O–H groups in total. The first-order chi connectivity index (χ1) is 16.6. The molecule has 3 aromatic carbocycles. The van der Waals surface area contributed by atoms with Gasteiger partial charge >= 0.3 is 6.18 Å². The Labute approximate surface area is 197 Å². The van der Waals surface area contributed by atoms with Gasteiger partial charge in [0, 0.05) is 28.9 Å². The molecule has 0 saturated carbocycles. The molecular weight excluding hydrogens is 486 g/mol. The van der Waals surface area contributed by atoms with Crippen LogP contribution in [0.4, 0.5) is 28.9 Å². The third kappa shape index (κ3) is 5.24. The van der Waals surface area contributed by atoms with Gasteiger partial charge in [0.15, 0.2) is 0 Å². The summed E-state index contributed by atoms with van der Waals surface area (Å²) >= 11 is 0. The minimum Gasteiger partial charge on any atom is -0.325 e. The van der Waals surface area contributed by atoms with Gasteiger partial charge in [-0.3, -0.25) is 14.1 Å². The van der Waals surface area contributed by atoms with Crippen molar-refractivity contribution in [1.82, 2.24) is 4.98 Å². The van der Waals surface area contributed by atoms with Gasteiger partial charge in [-0.1, -0.05) is 12.1 Å². The number of halogens is 4. The first kappa shape index (κ1) is 24.1. The van der Waals surface area contributed by atoms with Crippen LogP contribution in [0.2, 0.25) is 0 Å². The molecule has 0 aliphatic carbocycles.